The van der Waals surface area contributed by atoms with Gasteiger partial charge < -0.3 is 28.9 Å². The summed E-state index contributed by atoms with van der Waals surface area (Å²) in [4.78, 5) is 33.6. The summed E-state index contributed by atoms with van der Waals surface area (Å²) in [6.45, 7) is 9.50. The maximum atomic E-state index is 12.3. The fourth-order valence-electron chi connectivity index (χ4n) is 6.26. The Morgan fingerprint density at radius 3 is 2.59 bits per heavy atom. The number of rotatable bonds is 9. The van der Waals surface area contributed by atoms with Crippen molar-refractivity contribution in [1.29, 1.82) is 0 Å². The number of aromatic amines is 1. The number of H-pyrrole nitrogens is 1. The van der Waals surface area contributed by atoms with Gasteiger partial charge in [0, 0.05) is 43.2 Å². The zero-order chi connectivity index (χ0) is 30.4. The number of nitrogens with zero attached hydrogens (tertiary/aromatic N) is 7. The van der Waals surface area contributed by atoms with E-state index >= 15 is 0 Å². The monoisotopic (exact) mass is 598 g/mol. The molecule has 4 aromatic rings. The van der Waals surface area contributed by atoms with Crippen LogP contribution in [0.25, 0.3) is 33.1 Å². The Morgan fingerprint density at radius 1 is 1.07 bits per heavy atom. The number of anilines is 1. The molecule has 0 spiro atoms. The van der Waals surface area contributed by atoms with Crippen LogP contribution in [0.1, 0.15) is 31.2 Å². The number of aromatic nitrogens is 5. The lowest BCUT2D eigenvalue weighted by Crippen LogP contribution is -2.48. The molecule has 1 aliphatic carbocycles. The molecule has 5 heterocycles. The fourth-order valence-corrected chi connectivity index (χ4v) is 6.26. The lowest BCUT2D eigenvalue weighted by atomic mass is 9.96. The number of likely N-dealkylation sites (N-methyl/N-ethyl adjacent to an activating group) is 1. The Balaban J connectivity index is 1.41. The van der Waals surface area contributed by atoms with Crippen molar-refractivity contribution in [2.75, 3.05) is 58.4 Å². The number of carbonyl (C=O) groups is 1. The first kappa shape index (κ1) is 28.3. The third-order valence-electron chi connectivity index (χ3n) is 8.94. The van der Waals surface area contributed by atoms with Crippen molar-refractivity contribution in [3.63, 3.8) is 0 Å². The molecule has 0 unspecified atom stereocenters. The van der Waals surface area contributed by atoms with Crippen molar-refractivity contribution < 1.29 is 19.0 Å². The smallest absolute Gasteiger partial charge is 0.319 e. The summed E-state index contributed by atoms with van der Waals surface area (Å²) in [7, 11) is 3.75. The minimum Gasteiger partial charge on any atom is -0.487 e. The molecular weight excluding hydrogens is 560 g/mol. The van der Waals surface area contributed by atoms with Crippen LogP contribution in [0.4, 0.5) is 5.82 Å². The standard InChI is InChI=1S/C32H38N8O4/c1-5-24(41)39-13-15-40(16-14-39)30-28-27(35-32(36-30)43-18-20-7-6-12-38(20)3)29(44-21-9-10-21)26(31(34-28)42-4)25-19(2)8-11-23-22(25)17-33-37-23/h5,8,11,17,20-21H,1,6-7,9-10,12-16,18H2,2-4H3,(H,33,37)/t20-/m0/s1. The molecule has 0 bridgehead atoms. The number of nitrogens with one attached hydrogen (secondary N) is 1. The topological polar surface area (TPSA) is 122 Å². The number of hydrogen-bond donors (Lipinski definition) is 1. The maximum absolute atomic E-state index is 12.3. The summed E-state index contributed by atoms with van der Waals surface area (Å²) in [6, 6.07) is 4.67. The van der Waals surface area contributed by atoms with E-state index in [1.165, 1.54) is 6.08 Å². The van der Waals surface area contributed by atoms with E-state index in [-0.39, 0.29) is 18.0 Å². The third kappa shape index (κ3) is 5.17. The number of piperazine rings is 1. The Labute approximate surface area is 256 Å². The first-order valence-corrected chi connectivity index (χ1v) is 15.3. The first-order chi connectivity index (χ1) is 21.4. The summed E-state index contributed by atoms with van der Waals surface area (Å²) in [5.41, 5.74) is 4.78. The number of carbonyl (C=O) groups excluding carboxylic acids is 1. The number of fused-ring (bicyclic) bond motifs is 2. The van der Waals surface area contributed by atoms with Crippen LogP contribution < -0.4 is 19.1 Å². The number of pyridine rings is 1. The van der Waals surface area contributed by atoms with Gasteiger partial charge in [-0.1, -0.05) is 12.6 Å². The molecule has 12 nitrogen and oxygen atoms in total. The van der Waals surface area contributed by atoms with Gasteiger partial charge >= 0.3 is 6.01 Å². The minimum atomic E-state index is -0.0738. The van der Waals surface area contributed by atoms with Crippen LogP contribution in [0.5, 0.6) is 17.6 Å². The average Bonchev–Trinajstić information content (AvgIpc) is 3.57. The second kappa shape index (κ2) is 11.6. The van der Waals surface area contributed by atoms with Crippen molar-refractivity contribution >= 4 is 33.7 Å². The highest BCUT2D eigenvalue weighted by molar-refractivity contribution is 6.04. The first-order valence-electron chi connectivity index (χ1n) is 15.3. The Morgan fingerprint density at radius 2 is 1.89 bits per heavy atom. The number of hydrogen-bond acceptors (Lipinski definition) is 10. The molecule has 2 aliphatic heterocycles. The number of ether oxygens (including phenoxy) is 3. The van der Waals surface area contributed by atoms with Crippen molar-refractivity contribution in [1.82, 2.24) is 34.9 Å². The van der Waals surface area contributed by atoms with E-state index in [1.807, 2.05) is 12.3 Å². The summed E-state index contributed by atoms with van der Waals surface area (Å²) < 4.78 is 19.1. The zero-order valence-electron chi connectivity index (χ0n) is 25.5. The highest BCUT2D eigenvalue weighted by atomic mass is 16.5. The molecule has 1 N–H and O–H groups in total. The molecule has 3 aliphatic rings. The van der Waals surface area contributed by atoms with Gasteiger partial charge in [-0.3, -0.25) is 9.89 Å². The van der Waals surface area contributed by atoms with Gasteiger partial charge in [-0.05, 0) is 63.9 Å². The van der Waals surface area contributed by atoms with Crippen LogP contribution in [-0.4, -0.2) is 106 Å². The van der Waals surface area contributed by atoms with E-state index in [9.17, 15) is 4.79 Å². The Kier molecular flexibility index (Phi) is 7.45. The summed E-state index contributed by atoms with van der Waals surface area (Å²) in [5, 5.41) is 8.35. The maximum Gasteiger partial charge on any atom is 0.319 e. The Hall–Kier alpha value is -4.45. The number of aryl methyl sites for hydroxylation is 1. The molecule has 2 saturated heterocycles. The van der Waals surface area contributed by atoms with Gasteiger partial charge in [0.05, 0.1) is 30.5 Å². The average molecular weight is 599 g/mol. The molecule has 1 aromatic carbocycles. The molecule has 1 amide bonds. The van der Waals surface area contributed by atoms with Gasteiger partial charge in [-0.25, -0.2) is 4.98 Å². The number of benzene rings is 1. The van der Waals surface area contributed by atoms with Crippen LogP contribution in [0.2, 0.25) is 0 Å². The molecule has 230 valence electrons. The van der Waals surface area contributed by atoms with E-state index in [4.69, 9.17) is 29.2 Å². The van der Waals surface area contributed by atoms with Gasteiger partial charge in [0.1, 0.15) is 17.6 Å². The largest absolute Gasteiger partial charge is 0.487 e. The highest BCUT2D eigenvalue weighted by Gasteiger charge is 2.33. The van der Waals surface area contributed by atoms with Gasteiger partial charge in [0.2, 0.25) is 11.8 Å². The molecule has 44 heavy (non-hydrogen) atoms. The van der Waals surface area contributed by atoms with Gasteiger partial charge in [0.25, 0.3) is 0 Å². The lowest BCUT2D eigenvalue weighted by Gasteiger charge is -2.35. The molecule has 7 rings (SSSR count). The van der Waals surface area contributed by atoms with E-state index < -0.39 is 0 Å². The molecule has 3 aromatic heterocycles. The molecule has 3 fully saturated rings. The van der Waals surface area contributed by atoms with Crippen LogP contribution in [0, 0.1) is 6.92 Å². The van der Waals surface area contributed by atoms with Crippen LogP contribution in [0.15, 0.2) is 31.0 Å². The van der Waals surface area contributed by atoms with Crippen molar-refractivity contribution in [3.8, 4) is 28.8 Å². The number of methoxy groups -OCH3 is 1. The predicted molar refractivity (Wildman–Crippen MR) is 167 cm³/mol. The molecule has 0 radical (unpaired) electrons. The van der Waals surface area contributed by atoms with Crippen LogP contribution >= 0.6 is 0 Å². The highest BCUT2D eigenvalue weighted by Crippen LogP contribution is 2.48. The lowest BCUT2D eigenvalue weighted by molar-refractivity contribution is -0.126. The summed E-state index contributed by atoms with van der Waals surface area (Å²) in [5.74, 6) is 1.60. The number of likely N-dealkylation sites (tertiary alicyclic amines) is 1. The summed E-state index contributed by atoms with van der Waals surface area (Å²) in [6.07, 6.45) is 7.42. The van der Waals surface area contributed by atoms with E-state index in [1.54, 1.807) is 12.0 Å². The van der Waals surface area contributed by atoms with Crippen molar-refractivity contribution in [2.24, 2.45) is 0 Å². The second-order valence-electron chi connectivity index (χ2n) is 11.9. The minimum absolute atomic E-state index is 0.0738. The molecule has 12 heteroatoms. The van der Waals surface area contributed by atoms with Crippen molar-refractivity contribution in [2.45, 2.75) is 44.8 Å². The van der Waals surface area contributed by atoms with Crippen LogP contribution in [0.3, 0.4) is 0 Å². The normalized spacial score (nSPS) is 19.1. The van der Waals surface area contributed by atoms with E-state index in [0.29, 0.717) is 67.3 Å². The van der Waals surface area contributed by atoms with Gasteiger partial charge in [-0.15, -0.1) is 0 Å². The van der Waals surface area contributed by atoms with Crippen LogP contribution in [-0.2, 0) is 4.79 Å². The predicted octanol–water partition coefficient (Wildman–Crippen LogP) is 3.73. The third-order valence-corrected chi connectivity index (χ3v) is 8.94. The summed E-state index contributed by atoms with van der Waals surface area (Å²) >= 11 is 0. The number of amides is 1. The van der Waals surface area contributed by atoms with Crippen molar-refractivity contribution in [3.05, 3.63) is 36.5 Å². The molecule has 1 atom stereocenters. The quantitative estimate of drug-likeness (QED) is 0.285. The molecule has 1 saturated carbocycles. The zero-order valence-corrected chi connectivity index (χ0v) is 25.5. The van der Waals surface area contributed by atoms with E-state index in [0.717, 1.165) is 59.8 Å². The fraction of sp³-hybridized carbons (Fsp3) is 0.469. The SMILES string of the molecule is C=CC(=O)N1CCN(c2nc(OC[C@@H]3CCCN3C)nc3c(OC4CC4)c(-c4c(C)ccc5[nH]ncc45)c(OC)nc23)CC1. The van der Waals surface area contributed by atoms with Gasteiger partial charge in [0.15, 0.2) is 11.6 Å². The molecular formula is C32H38N8O4. The van der Waals surface area contributed by atoms with Gasteiger partial charge in [-0.2, -0.15) is 15.1 Å². The Bertz CT molecular complexity index is 1730. The second-order valence-corrected chi connectivity index (χ2v) is 11.9. The van der Waals surface area contributed by atoms with E-state index in [2.05, 4.69) is 46.6 Å².